The molecule has 0 atom stereocenters. The number of aromatic nitrogens is 1. The van der Waals surface area contributed by atoms with Crippen molar-refractivity contribution < 1.29 is 4.80 Å². The molecule has 6 heteroatoms. The van der Waals surface area contributed by atoms with Crippen molar-refractivity contribution in [2.24, 2.45) is 0 Å². The van der Waals surface area contributed by atoms with E-state index >= 15 is 0 Å². The number of nitrogen functional groups attached to an aromatic ring is 1. The van der Waals surface area contributed by atoms with Crippen LogP contribution in [-0.2, 0) is 6.54 Å². The smallest absolute Gasteiger partial charge is 0.183 e. The number of nitrogens with zero attached hydrogens (tertiary/aromatic N) is 3. The highest BCUT2D eigenvalue weighted by atomic mass is 28.4. The first-order valence-corrected chi connectivity index (χ1v) is 10.5. The van der Waals surface area contributed by atoms with Crippen LogP contribution in [-0.4, -0.2) is 60.6 Å². The van der Waals surface area contributed by atoms with Crippen LogP contribution in [0.5, 0.6) is 0 Å². The highest BCUT2D eigenvalue weighted by molar-refractivity contribution is 6.69. The van der Waals surface area contributed by atoms with E-state index in [1.807, 2.05) is 25.4 Å². The van der Waals surface area contributed by atoms with Crippen molar-refractivity contribution in [3.8, 4) is 0 Å². The average molecular weight is 294 g/mol. The van der Waals surface area contributed by atoms with Gasteiger partial charge in [-0.15, -0.1) is 0 Å². The Kier molecular flexibility index (Phi) is 5.15. The summed E-state index contributed by atoms with van der Waals surface area (Å²) < 4.78 is 0. The van der Waals surface area contributed by atoms with Crippen molar-refractivity contribution in [3.63, 3.8) is 0 Å². The van der Waals surface area contributed by atoms with Crippen molar-refractivity contribution in [3.05, 3.63) is 23.9 Å². The highest BCUT2D eigenvalue weighted by Gasteiger charge is 2.21. The molecule has 0 spiro atoms. The molecule has 0 aliphatic carbocycles. The number of hydrogen-bond acceptors (Lipinski definition) is 5. The lowest BCUT2D eigenvalue weighted by Gasteiger charge is -2.35. The standard InChI is InChI=1S/C14H26N4OSi/c1-20(2,19)10-9-17-5-7-18(8-6-17)12-13-3-4-14(15)16-11-13/h3-4,11,19H,5-10,12H2,1-2H3,(H2,15,16). The van der Waals surface area contributed by atoms with Gasteiger partial charge < -0.3 is 15.4 Å². The minimum atomic E-state index is -1.90. The Balaban J connectivity index is 1.73. The summed E-state index contributed by atoms with van der Waals surface area (Å²) in [6, 6.07) is 4.88. The first-order chi connectivity index (χ1) is 9.42. The number of pyridine rings is 1. The van der Waals surface area contributed by atoms with Gasteiger partial charge in [0.05, 0.1) is 0 Å². The van der Waals surface area contributed by atoms with Crippen LogP contribution < -0.4 is 5.73 Å². The fourth-order valence-corrected chi connectivity index (χ4v) is 3.25. The molecule has 0 bridgehead atoms. The first-order valence-electron chi connectivity index (χ1n) is 7.30. The van der Waals surface area contributed by atoms with Crippen LogP contribution in [0.1, 0.15) is 5.56 Å². The second-order valence-corrected chi connectivity index (χ2v) is 10.4. The van der Waals surface area contributed by atoms with Crippen LogP contribution >= 0.6 is 0 Å². The molecule has 0 aromatic carbocycles. The molecule has 2 rings (SSSR count). The predicted octanol–water partition coefficient (Wildman–Crippen LogP) is 0.979. The lowest BCUT2D eigenvalue weighted by atomic mass is 10.2. The van der Waals surface area contributed by atoms with Gasteiger partial charge in [0.2, 0.25) is 0 Å². The van der Waals surface area contributed by atoms with Gasteiger partial charge in [-0.3, -0.25) is 4.90 Å². The van der Waals surface area contributed by atoms with Gasteiger partial charge in [-0.05, 0) is 37.3 Å². The molecular formula is C14H26N4OSi. The van der Waals surface area contributed by atoms with Gasteiger partial charge in [0, 0.05) is 38.9 Å². The molecule has 0 unspecified atom stereocenters. The van der Waals surface area contributed by atoms with Crippen molar-refractivity contribution in [1.29, 1.82) is 0 Å². The quantitative estimate of drug-likeness (QED) is 0.793. The minimum absolute atomic E-state index is 0.578. The predicted molar refractivity (Wildman–Crippen MR) is 84.9 cm³/mol. The van der Waals surface area contributed by atoms with Gasteiger partial charge >= 0.3 is 0 Å². The van der Waals surface area contributed by atoms with E-state index in [1.165, 1.54) is 5.56 Å². The molecular weight excluding hydrogens is 268 g/mol. The van der Waals surface area contributed by atoms with Crippen LogP contribution in [0.4, 0.5) is 5.82 Å². The van der Waals surface area contributed by atoms with Crippen LogP contribution in [0.15, 0.2) is 18.3 Å². The zero-order valence-corrected chi connectivity index (χ0v) is 13.5. The molecule has 2 heterocycles. The van der Waals surface area contributed by atoms with E-state index in [4.69, 9.17) is 5.73 Å². The molecule has 112 valence electrons. The normalized spacial score (nSPS) is 18.4. The second kappa shape index (κ2) is 6.67. The molecule has 0 amide bonds. The largest absolute Gasteiger partial charge is 0.432 e. The number of rotatable bonds is 5. The van der Waals surface area contributed by atoms with Gasteiger partial charge in [0.25, 0.3) is 0 Å². The van der Waals surface area contributed by atoms with E-state index in [9.17, 15) is 4.80 Å². The van der Waals surface area contributed by atoms with Crippen molar-refractivity contribution in [2.45, 2.75) is 25.7 Å². The lowest BCUT2D eigenvalue weighted by molar-refractivity contribution is 0.131. The Morgan fingerprint density at radius 2 is 1.85 bits per heavy atom. The van der Waals surface area contributed by atoms with E-state index < -0.39 is 8.32 Å². The molecule has 1 fully saturated rings. The molecule has 1 aromatic rings. The zero-order chi connectivity index (χ0) is 14.6. The minimum Gasteiger partial charge on any atom is -0.432 e. The summed E-state index contributed by atoms with van der Waals surface area (Å²) in [7, 11) is -1.90. The van der Waals surface area contributed by atoms with E-state index in [0.717, 1.165) is 45.3 Å². The van der Waals surface area contributed by atoms with Gasteiger partial charge in [-0.2, -0.15) is 0 Å². The molecule has 1 aromatic heterocycles. The maximum Gasteiger partial charge on any atom is 0.183 e. The SMILES string of the molecule is C[Si](C)(O)CCN1CCN(Cc2ccc(N)nc2)CC1. The summed E-state index contributed by atoms with van der Waals surface area (Å²) in [5.41, 5.74) is 6.82. The van der Waals surface area contributed by atoms with Gasteiger partial charge in [0.15, 0.2) is 8.32 Å². The third kappa shape index (κ3) is 5.20. The van der Waals surface area contributed by atoms with E-state index in [2.05, 4.69) is 20.9 Å². The topological polar surface area (TPSA) is 65.6 Å². The summed E-state index contributed by atoms with van der Waals surface area (Å²) in [6.07, 6.45) is 1.86. The van der Waals surface area contributed by atoms with Crippen LogP contribution in [0.25, 0.3) is 0 Å². The summed E-state index contributed by atoms with van der Waals surface area (Å²) in [5.74, 6) is 0.578. The van der Waals surface area contributed by atoms with E-state index in [-0.39, 0.29) is 0 Å². The van der Waals surface area contributed by atoms with E-state index in [1.54, 1.807) is 0 Å². The average Bonchev–Trinajstić information content (AvgIpc) is 2.40. The lowest BCUT2D eigenvalue weighted by Crippen LogP contribution is -2.47. The Morgan fingerprint density at radius 1 is 1.20 bits per heavy atom. The fourth-order valence-electron chi connectivity index (χ4n) is 2.39. The Morgan fingerprint density at radius 3 is 2.40 bits per heavy atom. The number of piperazine rings is 1. The van der Waals surface area contributed by atoms with Crippen LogP contribution in [0, 0.1) is 0 Å². The molecule has 1 aliphatic heterocycles. The second-order valence-electron chi connectivity index (χ2n) is 6.27. The van der Waals surface area contributed by atoms with Crippen molar-refractivity contribution in [2.75, 3.05) is 38.5 Å². The summed E-state index contributed by atoms with van der Waals surface area (Å²) >= 11 is 0. The molecule has 1 saturated heterocycles. The fraction of sp³-hybridized carbons (Fsp3) is 0.643. The van der Waals surface area contributed by atoms with Crippen molar-refractivity contribution >= 4 is 14.1 Å². The third-order valence-corrected chi connectivity index (χ3v) is 5.21. The first kappa shape index (κ1) is 15.4. The maximum atomic E-state index is 9.90. The summed E-state index contributed by atoms with van der Waals surface area (Å²) in [4.78, 5) is 18.9. The number of anilines is 1. The van der Waals surface area contributed by atoms with Gasteiger partial charge in [-0.1, -0.05) is 6.07 Å². The molecule has 20 heavy (non-hydrogen) atoms. The Labute approximate surface area is 122 Å². The van der Waals surface area contributed by atoms with E-state index in [0.29, 0.717) is 5.82 Å². The zero-order valence-electron chi connectivity index (χ0n) is 12.5. The molecule has 3 N–H and O–H groups in total. The third-order valence-electron chi connectivity index (χ3n) is 3.76. The van der Waals surface area contributed by atoms with Gasteiger partial charge in [0.1, 0.15) is 5.82 Å². The molecule has 5 nitrogen and oxygen atoms in total. The highest BCUT2D eigenvalue weighted by Crippen LogP contribution is 2.11. The Hall–Kier alpha value is -0.953. The monoisotopic (exact) mass is 294 g/mol. The summed E-state index contributed by atoms with van der Waals surface area (Å²) in [5, 5.41) is 0. The number of nitrogens with two attached hydrogens (primary N) is 1. The maximum absolute atomic E-state index is 9.90. The number of hydrogen-bond donors (Lipinski definition) is 2. The summed E-state index contributed by atoms with van der Waals surface area (Å²) in [6.45, 7) is 10.3. The van der Waals surface area contributed by atoms with Crippen LogP contribution in [0.3, 0.4) is 0 Å². The molecule has 1 aliphatic rings. The van der Waals surface area contributed by atoms with Crippen molar-refractivity contribution in [1.82, 2.24) is 14.8 Å². The van der Waals surface area contributed by atoms with Crippen LogP contribution in [0.2, 0.25) is 19.1 Å². The molecule has 0 saturated carbocycles. The molecule has 0 radical (unpaired) electrons. The Bertz CT molecular complexity index is 410. The van der Waals surface area contributed by atoms with Gasteiger partial charge in [-0.25, -0.2) is 4.98 Å².